The molecule has 0 atom stereocenters. The number of aromatic nitrogens is 3. The smallest absolute Gasteiger partial charge is 0.269 e. The van der Waals surface area contributed by atoms with E-state index in [4.69, 9.17) is 5.84 Å². The monoisotopic (exact) mass is 260 g/mol. The molecular weight excluding hydrogens is 244 g/mol. The summed E-state index contributed by atoms with van der Waals surface area (Å²) < 4.78 is 0. The Hall–Kier alpha value is -2.41. The molecule has 0 bridgehead atoms. The number of pyridine rings is 1. The maximum Gasteiger partial charge on any atom is 0.269 e. The Labute approximate surface area is 110 Å². The molecule has 0 fully saturated rings. The zero-order valence-electron chi connectivity index (χ0n) is 10.4. The second-order valence-corrected chi connectivity index (χ2v) is 3.97. The van der Waals surface area contributed by atoms with Crippen LogP contribution in [0.5, 0.6) is 0 Å². The zero-order chi connectivity index (χ0) is 13.5. The number of aromatic amines is 1. The molecule has 2 aromatic heterocycles. The van der Waals surface area contributed by atoms with E-state index in [1.54, 1.807) is 24.5 Å². The first-order valence-corrected chi connectivity index (χ1v) is 5.98. The third kappa shape index (κ3) is 3.78. The number of imidazole rings is 1. The molecule has 0 radical (unpaired) electrons. The van der Waals surface area contributed by atoms with E-state index in [0.29, 0.717) is 17.9 Å². The summed E-state index contributed by atoms with van der Waals surface area (Å²) in [6.45, 7) is 0.581. The largest absolute Gasteiger partial charge is 0.351 e. The first-order valence-electron chi connectivity index (χ1n) is 5.98. The molecule has 19 heavy (non-hydrogen) atoms. The van der Waals surface area contributed by atoms with Crippen molar-refractivity contribution in [3.63, 3.8) is 0 Å². The predicted molar refractivity (Wildman–Crippen MR) is 71.3 cm³/mol. The lowest BCUT2D eigenvalue weighted by molar-refractivity contribution is 0.0948. The molecule has 2 aromatic rings. The Kier molecular flexibility index (Phi) is 4.46. The normalized spacial score (nSPS) is 10.2. The fraction of sp³-hybridized carbons (Fsp3) is 0.250. The zero-order valence-corrected chi connectivity index (χ0v) is 10.4. The van der Waals surface area contributed by atoms with Crippen LogP contribution in [0.4, 0.5) is 5.69 Å². The number of nitrogens with zero attached hydrogens (tertiary/aromatic N) is 2. The summed E-state index contributed by atoms with van der Waals surface area (Å²) in [6, 6.07) is 3.32. The predicted octanol–water partition coefficient (Wildman–Crippen LogP) is 0.453. The number of hydrogen-bond acceptors (Lipinski definition) is 5. The van der Waals surface area contributed by atoms with Gasteiger partial charge in [0.05, 0.1) is 11.9 Å². The molecule has 5 N–H and O–H groups in total. The van der Waals surface area contributed by atoms with Crippen LogP contribution in [-0.2, 0) is 6.42 Å². The molecule has 2 heterocycles. The molecule has 0 saturated carbocycles. The molecule has 0 aromatic carbocycles. The van der Waals surface area contributed by atoms with Gasteiger partial charge >= 0.3 is 0 Å². The number of amides is 1. The number of hydrogen-bond donors (Lipinski definition) is 4. The molecule has 7 nitrogen and oxygen atoms in total. The van der Waals surface area contributed by atoms with E-state index in [2.05, 4.69) is 25.7 Å². The summed E-state index contributed by atoms with van der Waals surface area (Å²) >= 11 is 0. The van der Waals surface area contributed by atoms with Crippen molar-refractivity contribution in [2.75, 3.05) is 12.0 Å². The van der Waals surface area contributed by atoms with E-state index in [0.717, 1.165) is 18.7 Å². The maximum atomic E-state index is 11.8. The Morgan fingerprint density at radius 2 is 2.26 bits per heavy atom. The summed E-state index contributed by atoms with van der Waals surface area (Å²) in [7, 11) is 0. The molecule has 0 aliphatic heterocycles. The van der Waals surface area contributed by atoms with Crippen molar-refractivity contribution in [2.45, 2.75) is 12.8 Å². The Morgan fingerprint density at radius 3 is 2.89 bits per heavy atom. The highest BCUT2D eigenvalue weighted by Gasteiger charge is 2.06. The van der Waals surface area contributed by atoms with Gasteiger partial charge in [-0.05, 0) is 18.6 Å². The highest BCUT2D eigenvalue weighted by Crippen LogP contribution is 2.03. The third-order valence-corrected chi connectivity index (χ3v) is 2.59. The van der Waals surface area contributed by atoms with Gasteiger partial charge in [0, 0.05) is 25.4 Å². The number of hydrazine groups is 1. The lowest BCUT2D eigenvalue weighted by Crippen LogP contribution is -2.25. The maximum absolute atomic E-state index is 11.8. The molecule has 7 heteroatoms. The molecule has 2 rings (SSSR count). The summed E-state index contributed by atoms with van der Waals surface area (Å²) in [5.41, 5.74) is 3.49. The molecule has 0 spiro atoms. The number of anilines is 1. The Bertz CT molecular complexity index is 508. The molecule has 0 unspecified atom stereocenters. The lowest BCUT2D eigenvalue weighted by Gasteiger charge is -2.04. The summed E-state index contributed by atoms with van der Waals surface area (Å²) in [6.07, 6.45) is 6.63. The van der Waals surface area contributed by atoms with Crippen LogP contribution in [-0.4, -0.2) is 27.4 Å². The van der Waals surface area contributed by atoms with Gasteiger partial charge in [-0.3, -0.25) is 10.6 Å². The van der Waals surface area contributed by atoms with Crippen molar-refractivity contribution in [3.05, 3.63) is 42.2 Å². The van der Waals surface area contributed by atoms with Gasteiger partial charge in [0.1, 0.15) is 11.5 Å². The number of carbonyl (C=O) groups is 1. The van der Waals surface area contributed by atoms with E-state index in [1.165, 1.54) is 6.20 Å². The molecule has 0 aliphatic rings. The van der Waals surface area contributed by atoms with Crippen LogP contribution in [0.1, 0.15) is 22.7 Å². The molecule has 100 valence electrons. The van der Waals surface area contributed by atoms with Gasteiger partial charge in [-0.2, -0.15) is 0 Å². The van der Waals surface area contributed by atoms with E-state index in [1.807, 2.05) is 0 Å². The van der Waals surface area contributed by atoms with Crippen LogP contribution in [0, 0.1) is 0 Å². The van der Waals surface area contributed by atoms with Crippen molar-refractivity contribution in [1.29, 1.82) is 0 Å². The minimum Gasteiger partial charge on any atom is -0.351 e. The summed E-state index contributed by atoms with van der Waals surface area (Å²) in [5.74, 6) is 5.95. The van der Waals surface area contributed by atoms with Gasteiger partial charge in [-0.15, -0.1) is 0 Å². The minimum absolute atomic E-state index is 0.192. The van der Waals surface area contributed by atoms with E-state index >= 15 is 0 Å². The van der Waals surface area contributed by atoms with E-state index in [-0.39, 0.29) is 5.91 Å². The second-order valence-electron chi connectivity index (χ2n) is 3.97. The molecule has 0 aliphatic carbocycles. The summed E-state index contributed by atoms with van der Waals surface area (Å²) in [4.78, 5) is 22.9. The van der Waals surface area contributed by atoms with Gasteiger partial charge in [-0.25, -0.2) is 9.97 Å². The van der Waals surface area contributed by atoms with E-state index < -0.39 is 0 Å². The fourth-order valence-electron chi connectivity index (χ4n) is 1.60. The standard InChI is InChI=1S/C12H16N6O/c13-18-9-3-4-10(17-8-9)12(19)16-5-1-2-11-14-6-7-15-11/h3-4,6-8,18H,1-2,5,13H2,(H,14,15)(H,16,19). The van der Waals surface area contributed by atoms with Crippen LogP contribution >= 0.6 is 0 Å². The van der Waals surface area contributed by atoms with Crippen molar-refractivity contribution in [1.82, 2.24) is 20.3 Å². The average Bonchev–Trinajstić information content (AvgIpc) is 2.96. The van der Waals surface area contributed by atoms with Gasteiger partial charge in [0.15, 0.2) is 0 Å². The lowest BCUT2D eigenvalue weighted by atomic mass is 10.3. The quantitative estimate of drug-likeness (QED) is 0.342. The summed E-state index contributed by atoms with van der Waals surface area (Å²) in [5, 5.41) is 2.80. The highest BCUT2D eigenvalue weighted by atomic mass is 16.1. The van der Waals surface area contributed by atoms with Gasteiger partial charge in [0.2, 0.25) is 0 Å². The first-order chi connectivity index (χ1) is 9.29. The van der Waals surface area contributed by atoms with E-state index in [9.17, 15) is 4.79 Å². The van der Waals surface area contributed by atoms with Crippen LogP contribution < -0.4 is 16.6 Å². The average molecular weight is 260 g/mol. The number of rotatable bonds is 6. The van der Waals surface area contributed by atoms with Crippen molar-refractivity contribution < 1.29 is 4.79 Å². The first kappa shape index (κ1) is 13.0. The van der Waals surface area contributed by atoms with Crippen LogP contribution in [0.25, 0.3) is 0 Å². The fourth-order valence-corrected chi connectivity index (χ4v) is 1.60. The Morgan fingerprint density at radius 1 is 1.37 bits per heavy atom. The van der Waals surface area contributed by atoms with Gasteiger partial charge in [-0.1, -0.05) is 0 Å². The van der Waals surface area contributed by atoms with Crippen molar-refractivity contribution >= 4 is 11.6 Å². The minimum atomic E-state index is -0.192. The second kappa shape index (κ2) is 6.50. The number of H-pyrrole nitrogens is 1. The third-order valence-electron chi connectivity index (χ3n) is 2.59. The van der Waals surface area contributed by atoms with Gasteiger partial charge in [0.25, 0.3) is 5.91 Å². The van der Waals surface area contributed by atoms with Crippen molar-refractivity contribution in [2.24, 2.45) is 5.84 Å². The van der Waals surface area contributed by atoms with Crippen LogP contribution in [0.15, 0.2) is 30.7 Å². The van der Waals surface area contributed by atoms with Crippen molar-refractivity contribution in [3.8, 4) is 0 Å². The molecule has 0 saturated heterocycles. The number of nitrogens with one attached hydrogen (secondary N) is 3. The molecule has 1 amide bonds. The Balaban J connectivity index is 1.74. The highest BCUT2D eigenvalue weighted by molar-refractivity contribution is 5.92. The topological polar surface area (TPSA) is 109 Å². The number of nitrogens with two attached hydrogens (primary N) is 1. The van der Waals surface area contributed by atoms with Crippen LogP contribution in [0.2, 0.25) is 0 Å². The number of aryl methyl sites for hydroxylation is 1. The van der Waals surface area contributed by atoms with Gasteiger partial charge < -0.3 is 15.7 Å². The SMILES string of the molecule is NNc1ccc(C(=O)NCCCc2ncc[nH]2)nc1. The number of nitrogen functional groups attached to an aromatic ring is 1. The molecular formula is C12H16N6O. The number of carbonyl (C=O) groups excluding carboxylic acids is 1. The van der Waals surface area contributed by atoms with Crippen LogP contribution in [0.3, 0.4) is 0 Å².